The zero-order chi connectivity index (χ0) is 17.7. The lowest BCUT2D eigenvalue weighted by molar-refractivity contribution is 0.0925. The summed E-state index contributed by atoms with van der Waals surface area (Å²) in [7, 11) is -2.15. The van der Waals surface area contributed by atoms with Gasteiger partial charge in [-0.15, -0.1) is 0 Å². The molecule has 0 fully saturated rings. The first-order valence-electron chi connectivity index (χ1n) is 8.92. The van der Waals surface area contributed by atoms with Crippen LogP contribution in [0.1, 0.15) is 73.0 Å². The number of benzene rings is 1. The van der Waals surface area contributed by atoms with Gasteiger partial charge in [0.1, 0.15) is 0 Å². The summed E-state index contributed by atoms with van der Waals surface area (Å²) >= 11 is 0. The third-order valence-corrected chi connectivity index (χ3v) is 11.6. The topological polar surface area (TPSA) is 29.5 Å². The van der Waals surface area contributed by atoms with Crippen LogP contribution >= 0.6 is 0 Å². The first-order valence-corrected chi connectivity index (χ1v) is 11.0. The molecule has 0 aliphatic heterocycles. The SMILES string of the molecule is CCCC[Si](O[C@H](CO)c1ccccc1)(C(C)(C)C)C(C)(C)C. The average molecular weight is 337 g/mol. The van der Waals surface area contributed by atoms with Gasteiger partial charge >= 0.3 is 0 Å². The van der Waals surface area contributed by atoms with Crippen molar-refractivity contribution in [2.24, 2.45) is 0 Å². The van der Waals surface area contributed by atoms with Gasteiger partial charge in [-0.3, -0.25) is 0 Å². The molecule has 1 atom stereocenters. The molecule has 0 aliphatic rings. The van der Waals surface area contributed by atoms with Crippen LogP contribution in [0.2, 0.25) is 16.1 Å². The fraction of sp³-hybridized carbons (Fsp3) is 0.700. The van der Waals surface area contributed by atoms with Crippen molar-refractivity contribution in [1.82, 2.24) is 0 Å². The van der Waals surface area contributed by atoms with Gasteiger partial charge in [0.15, 0.2) is 0 Å². The van der Waals surface area contributed by atoms with E-state index < -0.39 is 8.32 Å². The van der Waals surface area contributed by atoms with Crippen molar-refractivity contribution in [3.63, 3.8) is 0 Å². The molecule has 1 rings (SSSR count). The van der Waals surface area contributed by atoms with Gasteiger partial charge in [-0.1, -0.05) is 91.6 Å². The van der Waals surface area contributed by atoms with E-state index in [9.17, 15) is 5.11 Å². The highest BCUT2D eigenvalue weighted by Crippen LogP contribution is 2.56. The summed E-state index contributed by atoms with van der Waals surface area (Å²) in [6.45, 7) is 16.2. The molecule has 1 N–H and O–H groups in total. The van der Waals surface area contributed by atoms with Crippen molar-refractivity contribution in [2.75, 3.05) is 6.61 Å². The van der Waals surface area contributed by atoms with E-state index in [2.05, 4.69) is 60.6 Å². The predicted molar refractivity (Wildman–Crippen MR) is 102 cm³/mol. The lowest BCUT2D eigenvalue weighted by Gasteiger charge is -2.52. The number of hydrogen-bond donors (Lipinski definition) is 1. The lowest BCUT2D eigenvalue weighted by atomic mass is 10.1. The Kier molecular flexibility index (Phi) is 7.06. The Balaban J connectivity index is 3.27. The van der Waals surface area contributed by atoms with Gasteiger partial charge in [0, 0.05) is 0 Å². The van der Waals surface area contributed by atoms with Crippen molar-refractivity contribution in [3.8, 4) is 0 Å². The Morgan fingerprint density at radius 1 is 1.00 bits per heavy atom. The average Bonchev–Trinajstić information content (AvgIpc) is 2.46. The zero-order valence-corrected chi connectivity index (χ0v) is 17.1. The molecule has 0 aromatic heterocycles. The predicted octanol–water partition coefficient (Wildman–Crippen LogP) is 6.08. The number of unbranched alkanes of at least 4 members (excludes halogenated alkanes) is 1. The van der Waals surface area contributed by atoms with Crippen molar-refractivity contribution in [2.45, 2.75) is 83.5 Å². The fourth-order valence-corrected chi connectivity index (χ4v) is 9.96. The fourth-order valence-electron chi connectivity index (χ4n) is 3.83. The minimum Gasteiger partial charge on any atom is -0.407 e. The molecule has 0 saturated heterocycles. The smallest absolute Gasteiger partial charge is 0.204 e. The normalized spacial score (nSPS) is 14.8. The maximum atomic E-state index is 10.00. The maximum absolute atomic E-state index is 10.00. The molecule has 1 aromatic rings. The monoisotopic (exact) mass is 336 g/mol. The largest absolute Gasteiger partial charge is 0.407 e. The van der Waals surface area contributed by atoms with Crippen LogP contribution in [0.3, 0.4) is 0 Å². The van der Waals surface area contributed by atoms with Gasteiger partial charge in [-0.25, -0.2) is 0 Å². The van der Waals surface area contributed by atoms with E-state index in [1.54, 1.807) is 0 Å². The van der Waals surface area contributed by atoms with Crippen LogP contribution in [-0.2, 0) is 4.43 Å². The molecule has 0 aliphatic carbocycles. The first-order chi connectivity index (χ1) is 10.6. The van der Waals surface area contributed by atoms with Gasteiger partial charge in [0.25, 0.3) is 0 Å². The van der Waals surface area contributed by atoms with Crippen LogP contribution in [0.4, 0.5) is 0 Å². The lowest BCUT2D eigenvalue weighted by Crippen LogP contribution is -2.55. The number of rotatable bonds is 7. The summed E-state index contributed by atoms with van der Waals surface area (Å²) in [5.74, 6) is 0. The molecule has 132 valence electrons. The molecule has 0 spiro atoms. The van der Waals surface area contributed by atoms with E-state index in [1.807, 2.05) is 18.2 Å². The van der Waals surface area contributed by atoms with E-state index in [0.717, 1.165) is 11.6 Å². The van der Waals surface area contributed by atoms with E-state index >= 15 is 0 Å². The number of aliphatic hydroxyl groups excluding tert-OH is 1. The van der Waals surface area contributed by atoms with Gasteiger partial charge in [-0.05, 0) is 21.7 Å². The summed E-state index contributed by atoms with van der Waals surface area (Å²) in [5.41, 5.74) is 1.08. The molecular weight excluding hydrogens is 300 g/mol. The highest BCUT2D eigenvalue weighted by atomic mass is 28.4. The molecule has 2 nitrogen and oxygen atoms in total. The first kappa shape index (κ1) is 20.4. The Morgan fingerprint density at radius 3 is 1.91 bits per heavy atom. The summed E-state index contributed by atoms with van der Waals surface area (Å²) in [4.78, 5) is 0. The van der Waals surface area contributed by atoms with Crippen LogP contribution < -0.4 is 0 Å². The Hall–Kier alpha value is -0.643. The van der Waals surface area contributed by atoms with Crippen LogP contribution in [0.15, 0.2) is 30.3 Å². The van der Waals surface area contributed by atoms with Gasteiger partial charge < -0.3 is 9.53 Å². The van der Waals surface area contributed by atoms with Crippen molar-refractivity contribution < 1.29 is 9.53 Å². The minimum absolute atomic E-state index is 0.0387. The van der Waals surface area contributed by atoms with Crippen molar-refractivity contribution in [3.05, 3.63) is 35.9 Å². The number of hydrogen-bond acceptors (Lipinski definition) is 2. The van der Waals surface area contributed by atoms with Gasteiger partial charge in [0.05, 0.1) is 12.7 Å². The van der Waals surface area contributed by atoms with Gasteiger partial charge in [-0.2, -0.15) is 0 Å². The third kappa shape index (κ3) is 4.68. The molecule has 1 aromatic carbocycles. The van der Waals surface area contributed by atoms with E-state index in [4.69, 9.17) is 4.43 Å². The molecule has 0 amide bonds. The van der Waals surface area contributed by atoms with E-state index in [-0.39, 0.29) is 22.8 Å². The zero-order valence-electron chi connectivity index (χ0n) is 16.1. The van der Waals surface area contributed by atoms with Gasteiger partial charge in [0.2, 0.25) is 8.32 Å². The third-order valence-electron chi connectivity index (χ3n) is 4.99. The highest BCUT2D eigenvalue weighted by Gasteiger charge is 2.55. The number of aliphatic hydroxyl groups is 1. The molecule has 23 heavy (non-hydrogen) atoms. The van der Waals surface area contributed by atoms with Crippen LogP contribution in [0.5, 0.6) is 0 Å². The molecule has 0 saturated carbocycles. The molecule has 0 heterocycles. The quantitative estimate of drug-likeness (QED) is 0.611. The molecular formula is C20H36O2Si. The summed E-state index contributed by atoms with van der Waals surface area (Å²) < 4.78 is 6.89. The van der Waals surface area contributed by atoms with Crippen molar-refractivity contribution in [1.29, 1.82) is 0 Å². The van der Waals surface area contributed by atoms with Crippen LogP contribution in [0.25, 0.3) is 0 Å². The minimum atomic E-state index is -2.15. The summed E-state index contributed by atoms with van der Waals surface area (Å²) in [6.07, 6.45) is 2.14. The molecule has 0 unspecified atom stereocenters. The second-order valence-electron chi connectivity index (χ2n) is 8.63. The van der Waals surface area contributed by atoms with Crippen molar-refractivity contribution >= 4 is 8.32 Å². The molecule has 3 heteroatoms. The Morgan fingerprint density at radius 2 is 1.52 bits per heavy atom. The van der Waals surface area contributed by atoms with E-state index in [1.165, 1.54) is 12.8 Å². The Bertz CT molecular complexity index is 443. The summed E-state index contributed by atoms with van der Waals surface area (Å²) in [6, 6.07) is 11.3. The second kappa shape index (κ2) is 7.95. The van der Waals surface area contributed by atoms with Crippen LogP contribution in [-0.4, -0.2) is 20.0 Å². The highest BCUT2D eigenvalue weighted by molar-refractivity contribution is 6.79. The van der Waals surface area contributed by atoms with E-state index in [0.29, 0.717) is 0 Å². The second-order valence-corrected chi connectivity index (χ2v) is 14.0. The standard InChI is InChI=1S/C20H36O2Si/c1-8-9-15-23(19(2,3)4,20(5,6)7)22-18(16-21)17-13-11-10-12-14-17/h10-14,18,21H,8-9,15-16H2,1-7H3/t18-/m1/s1. The molecule has 0 bridgehead atoms. The summed E-state index contributed by atoms with van der Waals surface area (Å²) in [5, 5.41) is 10.2. The van der Waals surface area contributed by atoms with Crippen LogP contribution in [0, 0.1) is 0 Å². The molecule has 0 radical (unpaired) electrons. The maximum Gasteiger partial charge on any atom is 0.204 e. The Labute approximate surface area is 144 Å².